The Hall–Kier alpha value is -3.41. The Morgan fingerprint density at radius 2 is 1.68 bits per heavy atom. The van der Waals surface area contributed by atoms with Crippen molar-refractivity contribution in [3.8, 4) is 0 Å². The van der Waals surface area contributed by atoms with Crippen molar-refractivity contribution in [3.63, 3.8) is 0 Å². The highest BCUT2D eigenvalue weighted by atomic mass is 16.2. The maximum absolute atomic E-state index is 13.4. The molecular formula is C28H33N3O3. The van der Waals surface area contributed by atoms with Gasteiger partial charge in [-0.2, -0.15) is 0 Å². The molecule has 4 amide bonds. The summed E-state index contributed by atoms with van der Waals surface area (Å²) in [5.74, 6) is -0.938. The third kappa shape index (κ3) is 4.02. The third-order valence-corrected chi connectivity index (χ3v) is 6.96. The highest BCUT2D eigenvalue weighted by Crippen LogP contribution is 2.44. The van der Waals surface area contributed by atoms with Crippen molar-refractivity contribution in [3.05, 3.63) is 63.7 Å². The Kier molecular flexibility index (Phi) is 5.88. The maximum atomic E-state index is 13.4. The van der Waals surface area contributed by atoms with Crippen LogP contribution in [-0.2, 0) is 9.59 Å². The van der Waals surface area contributed by atoms with Gasteiger partial charge in [0, 0.05) is 17.8 Å². The summed E-state index contributed by atoms with van der Waals surface area (Å²) in [4.78, 5) is 42.2. The van der Waals surface area contributed by atoms with Crippen molar-refractivity contribution in [1.29, 1.82) is 0 Å². The molecule has 2 aromatic rings. The van der Waals surface area contributed by atoms with Crippen LogP contribution in [0.1, 0.15) is 67.9 Å². The Morgan fingerprint density at radius 3 is 2.29 bits per heavy atom. The minimum atomic E-state index is -0.728. The number of carbonyl (C=O) groups is 3. The minimum absolute atomic E-state index is 0.0436. The number of barbiturate groups is 1. The number of nitrogens with zero attached hydrogens (tertiary/aromatic N) is 2. The van der Waals surface area contributed by atoms with E-state index in [1.807, 2.05) is 26.8 Å². The topological polar surface area (TPSA) is 69.7 Å². The van der Waals surface area contributed by atoms with Gasteiger partial charge >= 0.3 is 6.03 Å². The zero-order valence-corrected chi connectivity index (χ0v) is 21.1. The molecule has 178 valence electrons. The summed E-state index contributed by atoms with van der Waals surface area (Å²) in [6.07, 6.45) is 2.64. The van der Waals surface area contributed by atoms with Crippen molar-refractivity contribution in [2.45, 2.75) is 66.3 Å². The number of carbonyl (C=O) groups excluding carboxylic acids is 3. The number of nitrogens with one attached hydrogen (secondary N) is 1. The minimum Gasteiger partial charge on any atom is -0.366 e. The average molecular weight is 460 g/mol. The van der Waals surface area contributed by atoms with Crippen molar-refractivity contribution >= 4 is 35.3 Å². The predicted molar refractivity (Wildman–Crippen MR) is 136 cm³/mol. The zero-order chi connectivity index (χ0) is 24.9. The lowest BCUT2D eigenvalue weighted by atomic mass is 9.79. The molecular weight excluding hydrogens is 426 g/mol. The summed E-state index contributed by atoms with van der Waals surface area (Å²) < 4.78 is 0. The second kappa shape index (κ2) is 8.42. The molecule has 6 nitrogen and oxygen atoms in total. The van der Waals surface area contributed by atoms with Crippen LogP contribution in [0.3, 0.4) is 0 Å². The molecule has 0 radical (unpaired) electrons. The number of hydrogen-bond acceptors (Lipinski definition) is 4. The van der Waals surface area contributed by atoms with Gasteiger partial charge in [-0.25, -0.2) is 9.69 Å². The van der Waals surface area contributed by atoms with Gasteiger partial charge < -0.3 is 4.90 Å². The number of urea groups is 1. The highest BCUT2D eigenvalue weighted by Gasteiger charge is 2.38. The molecule has 1 fully saturated rings. The fourth-order valence-corrected chi connectivity index (χ4v) is 5.53. The van der Waals surface area contributed by atoms with Gasteiger partial charge in [0.25, 0.3) is 11.8 Å². The van der Waals surface area contributed by atoms with Gasteiger partial charge in [-0.15, -0.1) is 0 Å². The van der Waals surface area contributed by atoms with Crippen molar-refractivity contribution in [2.24, 2.45) is 0 Å². The van der Waals surface area contributed by atoms with Crippen LogP contribution in [0.15, 0.2) is 35.9 Å². The molecule has 2 aromatic carbocycles. The van der Waals surface area contributed by atoms with Gasteiger partial charge in [0.2, 0.25) is 0 Å². The smallest absolute Gasteiger partial charge is 0.335 e. The van der Waals surface area contributed by atoms with Crippen LogP contribution in [0.5, 0.6) is 0 Å². The van der Waals surface area contributed by atoms with E-state index in [0.29, 0.717) is 11.6 Å². The molecule has 34 heavy (non-hydrogen) atoms. The van der Waals surface area contributed by atoms with Gasteiger partial charge in [-0.05, 0) is 112 Å². The summed E-state index contributed by atoms with van der Waals surface area (Å²) in [6, 6.07) is 9.03. The molecule has 6 heteroatoms. The predicted octanol–water partition coefficient (Wildman–Crippen LogP) is 5.39. The number of amides is 4. The van der Waals surface area contributed by atoms with E-state index in [0.717, 1.165) is 40.1 Å². The molecule has 1 saturated heterocycles. The first-order chi connectivity index (χ1) is 15.9. The first-order valence-corrected chi connectivity index (χ1v) is 11.8. The third-order valence-electron chi connectivity index (χ3n) is 6.96. The highest BCUT2D eigenvalue weighted by molar-refractivity contribution is 6.39. The number of fused-ring (bicyclic) bond motifs is 1. The van der Waals surface area contributed by atoms with Crippen LogP contribution >= 0.6 is 0 Å². The summed E-state index contributed by atoms with van der Waals surface area (Å²) in [5.41, 5.74) is 6.54. The van der Waals surface area contributed by atoms with Crippen molar-refractivity contribution < 1.29 is 14.4 Å². The lowest BCUT2D eigenvalue weighted by Crippen LogP contribution is -2.54. The fourth-order valence-electron chi connectivity index (χ4n) is 5.53. The van der Waals surface area contributed by atoms with E-state index in [1.165, 1.54) is 11.3 Å². The molecule has 2 aliphatic rings. The van der Waals surface area contributed by atoms with Gasteiger partial charge in [-0.3, -0.25) is 14.9 Å². The normalized spacial score (nSPS) is 21.1. The number of hydrogen-bond donors (Lipinski definition) is 1. The quantitative estimate of drug-likeness (QED) is 0.494. The monoisotopic (exact) mass is 459 g/mol. The van der Waals surface area contributed by atoms with E-state index in [9.17, 15) is 14.4 Å². The average Bonchev–Trinajstić information content (AvgIpc) is 2.70. The summed E-state index contributed by atoms with van der Waals surface area (Å²) >= 11 is 0. The standard InChI is InChI=1S/C28H33N3O3/c1-8-30-24-12-18(4)20(13-22(24)19(5)15-28(30,6)7)14-23-25(32)29-27(34)31(26(23)33)21-10-16(2)9-17(3)11-21/h9-14,19H,8,15H2,1-7H3,(H,29,32,34)/b23-14+. The van der Waals surface area contributed by atoms with Gasteiger partial charge in [0.1, 0.15) is 5.57 Å². The van der Waals surface area contributed by atoms with E-state index in [2.05, 4.69) is 50.0 Å². The Morgan fingerprint density at radius 1 is 1.03 bits per heavy atom. The van der Waals surface area contributed by atoms with Gasteiger partial charge in [-0.1, -0.05) is 13.0 Å². The van der Waals surface area contributed by atoms with Crippen LogP contribution in [0, 0.1) is 20.8 Å². The number of anilines is 2. The summed E-state index contributed by atoms with van der Waals surface area (Å²) in [7, 11) is 0. The Labute approximate surface area is 201 Å². The van der Waals surface area contributed by atoms with Crippen LogP contribution in [0.25, 0.3) is 6.08 Å². The van der Waals surface area contributed by atoms with E-state index in [4.69, 9.17) is 0 Å². The van der Waals surface area contributed by atoms with E-state index >= 15 is 0 Å². The lowest BCUT2D eigenvalue weighted by molar-refractivity contribution is -0.122. The second-order valence-electron chi connectivity index (χ2n) is 10.2. The molecule has 1 unspecified atom stereocenters. The van der Waals surface area contributed by atoms with Crippen molar-refractivity contribution in [2.75, 3.05) is 16.3 Å². The van der Waals surface area contributed by atoms with Gasteiger partial charge in [0.15, 0.2) is 0 Å². The summed E-state index contributed by atoms with van der Waals surface area (Å²) in [5, 5.41) is 2.34. The van der Waals surface area contributed by atoms with E-state index < -0.39 is 17.8 Å². The van der Waals surface area contributed by atoms with E-state index in [-0.39, 0.29) is 11.1 Å². The Bertz CT molecular complexity index is 1220. The summed E-state index contributed by atoms with van der Waals surface area (Å²) in [6.45, 7) is 15.6. The molecule has 1 atom stereocenters. The number of imide groups is 2. The first kappa shape index (κ1) is 23.7. The Balaban J connectivity index is 1.79. The molecule has 0 aliphatic carbocycles. The zero-order valence-electron chi connectivity index (χ0n) is 21.1. The second-order valence-corrected chi connectivity index (χ2v) is 10.2. The van der Waals surface area contributed by atoms with Crippen LogP contribution in [0.4, 0.5) is 16.2 Å². The molecule has 0 aromatic heterocycles. The van der Waals surface area contributed by atoms with Crippen molar-refractivity contribution in [1.82, 2.24) is 5.32 Å². The van der Waals surface area contributed by atoms with Crippen LogP contribution in [-0.4, -0.2) is 29.9 Å². The SMILES string of the molecule is CCN1c2cc(C)c(/C=C3\C(=O)NC(=O)N(c4cc(C)cc(C)c4)C3=O)cc2C(C)CC1(C)C. The number of aryl methyl sites for hydroxylation is 3. The first-order valence-electron chi connectivity index (χ1n) is 11.8. The van der Waals surface area contributed by atoms with Crippen LogP contribution in [0.2, 0.25) is 0 Å². The fraction of sp³-hybridized carbons (Fsp3) is 0.393. The van der Waals surface area contributed by atoms with Crippen LogP contribution < -0.4 is 15.1 Å². The molecule has 2 heterocycles. The molecule has 4 rings (SSSR count). The molecule has 2 aliphatic heterocycles. The molecule has 0 saturated carbocycles. The molecule has 0 bridgehead atoms. The largest absolute Gasteiger partial charge is 0.366 e. The van der Waals surface area contributed by atoms with E-state index in [1.54, 1.807) is 18.2 Å². The maximum Gasteiger partial charge on any atom is 0.335 e. The van der Waals surface area contributed by atoms with Gasteiger partial charge in [0.05, 0.1) is 5.69 Å². The number of rotatable bonds is 3. The number of benzene rings is 2. The molecule has 1 N–H and O–H groups in total. The lowest BCUT2D eigenvalue weighted by Gasteiger charge is -2.47. The molecule has 0 spiro atoms.